The summed E-state index contributed by atoms with van der Waals surface area (Å²) in [6, 6.07) is 29.6. The molecule has 0 aliphatic carbocycles. The zero-order chi connectivity index (χ0) is 16.9. The van der Waals surface area contributed by atoms with E-state index >= 15 is 0 Å². The minimum Gasteiger partial charge on any atom is -0.337 e. The summed E-state index contributed by atoms with van der Waals surface area (Å²) in [5.74, 6) is 1.89. The lowest BCUT2D eigenvalue weighted by atomic mass is 10.2. The summed E-state index contributed by atoms with van der Waals surface area (Å²) in [4.78, 5) is 13.9. The number of nitrogens with one attached hydrogen (secondary N) is 1. The molecule has 0 saturated carbocycles. The van der Waals surface area contributed by atoms with Crippen LogP contribution in [-0.2, 0) is 0 Å². The third-order valence-electron chi connectivity index (χ3n) is 3.70. The molecule has 0 unspecified atom stereocenters. The highest BCUT2D eigenvalue weighted by atomic mass is 15.7. The van der Waals surface area contributed by atoms with Crippen LogP contribution in [0.2, 0.25) is 0 Å². The van der Waals surface area contributed by atoms with Crippen LogP contribution in [0, 0.1) is 0 Å². The summed E-state index contributed by atoms with van der Waals surface area (Å²) < 4.78 is 0. The second kappa shape index (κ2) is 6.93. The normalized spacial score (nSPS) is 15.0. The molecule has 0 amide bonds. The highest BCUT2D eigenvalue weighted by molar-refractivity contribution is 6.51. The first-order chi connectivity index (χ1) is 12.4. The quantitative estimate of drug-likeness (QED) is 0.698. The Morgan fingerprint density at radius 1 is 0.640 bits per heavy atom. The summed E-state index contributed by atoms with van der Waals surface area (Å²) in [5.41, 5.74) is 2.76. The van der Waals surface area contributed by atoms with Crippen molar-refractivity contribution in [3.05, 3.63) is 96.6 Å². The van der Waals surface area contributed by atoms with Crippen LogP contribution in [0.1, 0.15) is 5.56 Å². The predicted molar refractivity (Wildman–Crippen MR) is 104 cm³/mol. The molecule has 3 aromatic rings. The number of nitrogens with zero attached hydrogens (tertiary/aromatic N) is 3. The molecule has 120 valence electrons. The van der Waals surface area contributed by atoms with Gasteiger partial charge >= 0.3 is 0 Å². The molecule has 0 saturated heterocycles. The fourth-order valence-corrected chi connectivity index (χ4v) is 2.50. The summed E-state index contributed by atoms with van der Waals surface area (Å²) >= 11 is 0. The van der Waals surface area contributed by atoms with E-state index in [1.54, 1.807) is 0 Å². The molecule has 4 rings (SSSR count). The van der Waals surface area contributed by atoms with E-state index in [1.807, 2.05) is 91.0 Å². The summed E-state index contributed by atoms with van der Waals surface area (Å²) in [6.07, 6.45) is 0. The van der Waals surface area contributed by atoms with Crippen molar-refractivity contribution in [2.45, 2.75) is 0 Å². The lowest BCUT2D eigenvalue weighted by Crippen LogP contribution is -2.18. The average Bonchev–Trinajstić information content (AvgIpc) is 3.06. The molecule has 3 aromatic carbocycles. The zero-order valence-corrected chi connectivity index (χ0v) is 13.5. The van der Waals surface area contributed by atoms with E-state index in [-0.39, 0.29) is 0 Å². The van der Waals surface area contributed by atoms with Crippen LogP contribution in [0.25, 0.3) is 0 Å². The molecule has 1 aliphatic rings. The molecular weight excluding hydrogens is 310 g/mol. The minimum atomic E-state index is 0.578. The first-order valence-electron chi connectivity index (χ1n) is 8.07. The fourth-order valence-electron chi connectivity index (χ4n) is 2.50. The Morgan fingerprint density at radius 3 is 1.92 bits per heavy atom. The van der Waals surface area contributed by atoms with Gasteiger partial charge < -0.3 is 5.32 Å². The number of anilines is 1. The number of aliphatic imine (C=N–C) groups is 3. The molecule has 0 bridgehead atoms. The SMILES string of the molecule is c1ccc([15N]=C2N=C(c3ccccc3)N=C2[15NH]c2ccccc2)cc1. The van der Waals surface area contributed by atoms with E-state index in [1.165, 1.54) is 0 Å². The van der Waals surface area contributed by atoms with Gasteiger partial charge in [0, 0.05) is 11.3 Å². The third-order valence-corrected chi connectivity index (χ3v) is 3.70. The second-order valence-corrected chi connectivity index (χ2v) is 5.52. The molecule has 0 atom stereocenters. The Bertz CT molecular complexity index is 943. The van der Waals surface area contributed by atoms with Crippen LogP contribution in [0.5, 0.6) is 0 Å². The number of rotatable bonds is 3. The van der Waals surface area contributed by atoms with E-state index in [2.05, 4.69) is 20.3 Å². The van der Waals surface area contributed by atoms with E-state index in [0.29, 0.717) is 17.5 Å². The predicted octanol–water partition coefficient (Wildman–Crippen LogP) is 4.69. The van der Waals surface area contributed by atoms with Crippen molar-refractivity contribution in [2.75, 3.05) is 5.32 Å². The first kappa shape index (κ1) is 15.0. The molecule has 25 heavy (non-hydrogen) atoms. The van der Waals surface area contributed by atoms with Crippen molar-refractivity contribution in [1.29, 1.82) is 0 Å². The highest BCUT2D eigenvalue weighted by Crippen LogP contribution is 2.17. The Labute approximate surface area is 146 Å². The van der Waals surface area contributed by atoms with Crippen LogP contribution in [0.3, 0.4) is 0 Å². The van der Waals surface area contributed by atoms with Gasteiger partial charge in [-0.25, -0.2) is 15.0 Å². The number of amidine groups is 3. The van der Waals surface area contributed by atoms with Gasteiger partial charge in [0.2, 0.25) is 0 Å². The van der Waals surface area contributed by atoms with Crippen molar-refractivity contribution in [3.63, 3.8) is 0 Å². The molecular formula is C21H16N4. The van der Waals surface area contributed by atoms with Gasteiger partial charge in [-0.2, -0.15) is 0 Å². The van der Waals surface area contributed by atoms with E-state index in [0.717, 1.165) is 16.9 Å². The maximum Gasteiger partial charge on any atom is 0.198 e. The maximum atomic E-state index is 4.66. The zero-order valence-electron chi connectivity index (χ0n) is 13.5. The van der Waals surface area contributed by atoms with E-state index in [9.17, 15) is 0 Å². The van der Waals surface area contributed by atoms with Gasteiger partial charge in [0.15, 0.2) is 17.5 Å². The van der Waals surface area contributed by atoms with Gasteiger partial charge in [0.05, 0.1) is 5.69 Å². The monoisotopic (exact) mass is 326 g/mol. The topological polar surface area (TPSA) is 49.1 Å². The number of para-hydroxylation sites is 2. The molecule has 0 radical (unpaired) electrons. The summed E-state index contributed by atoms with van der Waals surface area (Å²) in [6.45, 7) is 0. The fraction of sp³-hybridized carbons (Fsp3) is 0. The Balaban J connectivity index is 1.72. The largest absolute Gasteiger partial charge is 0.337 e. The molecule has 0 fully saturated rings. The lowest BCUT2D eigenvalue weighted by molar-refractivity contribution is 1.49. The summed E-state index contributed by atoms with van der Waals surface area (Å²) in [7, 11) is 0. The molecule has 0 spiro atoms. The van der Waals surface area contributed by atoms with Gasteiger partial charge in [-0.15, -0.1) is 0 Å². The van der Waals surface area contributed by atoms with Gasteiger partial charge in [0.25, 0.3) is 0 Å². The van der Waals surface area contributed by atoms with Crippen LogP contribution in [0.4, 0.5) is 11.4 Å². The van der Waals surface area contributed by atoms with Crippen molar-refractivity contribution >= 4 is 28.9 Å². The summed E-state index contributed by atoms with van der Waals surface area (Å²) in [5, 5.41) is 3.32. The van der Waals surface area contributed by atoms with Crippen molar-refractivity contribution in [3.8, 4) is 0 Å². The number of hydrogen-bond acceptors (Lipinski definition) is 3. The lowest BCUT2D eigenvalue weighted by Gasteiger charge is -2.05. The van der Waals surface area contributed by atoms with Crippen molar-refractivity contribution < 1.29 is 0 Å². The van der Waals surface area contributed by atoms with Crippen LogP contribution in [0.15, 0.2) is 106 Å². The molecule has 1 aliphatic heterocycles. The molecule has 4 nitrogen and oxygen atoms in total. The standard InChI is InChI=1S/C21H16N4/c1-4-10-16(11-5-1)19-24-20(22-17-12-6-2-7-13-17)21(25-19)23-18-14-8-3-9-15-18/h1-15H,(H,22,23,24,25)/i22+1,23+1. The second-order valence-electron chi connectivity index (χ2n) is 5.52. The van der Waals surface area contributed by atoms with Crippen LogP contribution in [-0.4, -0.2) is 17.5 Å². The van der Waals surface area contributed by atoms with Gasteiger partial charge in [-0.05, 0) is 24.3 Å². The van der Waals surface area contributed by atoms with E-state index < -0.39 is 0 Å². The third kappa shape index (κ3) is 3.53. The van der Waals surface area contributed by atoms with Crippen LogP contribution >= 0.6 is 0 Å². The van der Waals surface area contributed by atoms with Gasteiger partial charge in [-0.1, -0.05) is 66.7 Å². The van der Waals surface area contributed by atoms with E-state index in [4.69, 9.17) is 0 Å². The Kier molecular flexibility index (Phi) is 4.16. The molecule has 1 heterocycles. The maximum absolute atomic E-state index is 4.66. The van der Waals surface area contributed by atoms with Crippen LogP contribution < -0.4 is 5.32 Å². The van der Waals surface area contributed by atoms with Gasteiger partial charge in [-0.3, -0.25) is 0 Å². The Hall–Kier alpha value is -3.53. The minimum absolute atomic E-state index is 0.578. The molecule has 0 aromatic heterocycles. The first-order valence-corrected chi connectivity index (χ1v) is 8.07. The van der Waals surface area contributed by atoms with Crippen molar-refractivity contribution in [1.82, 2.24) is 0 Å². The number of benzene rings is 3. The smallest absolute Gasteiger partial charge is 0.198 e. The Morgan fingerprint density at radius 2 is 1.24 bits per heavy atom. The highest BCUT2D eigenvalue weighted by Gasteiger charge is 2.19. The molecule has 1 N–H and O–H groups in total. The van der Waals surface area contributed by atoms with Crippen molar-refractivity contribution in [2.24, 2.45) is 15.0 Å². The average molecular weight is 326 g/mol. The number of hydrogen-bond donors (Lipinski definition) is 1. The molecule has 4 heteroatoms. The van der Waals surface area contributed by atoms with Gasteiger partial charge in [0.1, 0.15) is 0 Å².